The summed E-state index contributed by atoms with van der Waals surface area (Å²) in [5, 5.41) is 7.39. The van der Waals surface area contributed by atoms with E-state index in [4.69, 9.17) is 20.6 Å². The van der Waals surface area contributed by atoms with E-state index < -0.39 is 11.9 Å². The standard InChI is InChI=1S/C25H29N3O5/c1-4-14-28(16-22(29)32-5-2)24(30)17(3)15-18-6-8-20(9-7-18)25(31)33-21-12-10-19(11-13-21)23(26)27/h6-13,15H,4-5,14,16H2,1-3H3,(H3,26,27). The lowest BCUT2D eigenvalue weighted by atomic mass is 10.1. The Morgan fingerprint density at radius 2 is 1.61 bits per heavy atom. The van der Waals surface area contributed by atoms with Gasteiger partial charge in [-0.3, -0.25) is 15.0 Å². The summed E-state index contributed by atoms with van der Waals surface area (Å²) in [6.45, 7) is 5.95. The molecule has 8 nitrogen and oxygen atoms in total. The van der Waals surface area contributed by atoms with E-state index in [-0.39, 0.29) is 24.9 Å². The van der Waals surface area contributed by atoms with E-state index in [0.717, 1.165) is 5.56 Å². The molecule has 0 aliphatic carbocycles. The molecule has 0 saturated carbocycles. The number of nitrogens with zero attached hydrogens (tertiary/aromatic N) is 1. The van der Waals surface area contributed by atoms with Crippen LogP contribution in [0.2, 0.25) is 0 Å². The highest BCUT2D eigenvalue weighted by Crippen LogP contribution is 2.16. The summed E-state index contributed by atoms with van der Waals surface area (Å²) in [6.07, 6.45) is 2.42. The highest BCUT2D eigenvalue weighted by atomic mass is 16.5. The van der Waals surface area contributed by atoms with Crippen molar-refractivity contribution in [3.63, 3.8) is 0 Å². The van der Waals surface area contributed by atoms with E-state index in [1.54, 1.807) is 68.5 Å². The average molecular weight is 452 g/mol. The maximum absolute atomic E-state index is 12.8. The van der Waals surface area contributed by atoms with Gasteiger partial charge >= 0.3 is 11.9 Å². The van der Waals surface area contributed by atoms with Crippen LogP contribution in [0.3, 0.4) is 0 Å². The lowest BCUT2D eigenvalue weighted by molar-refractivity contribution is -0.147. The molecule has 2 rings (SSSR count). The smallest absolute Gasteiger partial charge is 0.343 e. The number of ether oxygens (including phenoxy) is 2. The number of nitrogens with two attached hydrogens (primary N) is 1. The van der Waals surface area contributed by atoms with E-state index in [9.17, 15) is 14.4 Å². The molecule has 0 atom stereocenters. The Morgan fingerprint density at radius 1 is 1.00 bits per heavy atom. The Kier molecular flexibility index (Phi) is 9.35. The molecule has 0 aliphatic heterocycles. The second kappa shape index (κ2) is 12.2. The number of carbonyl (C=O) groups is 3. The van der Waals surface area contributed by atoms with Crippen molar-refractivity contribution in [2.24, 2.45) is 5.73 Å². The zero-order chi connectivity index (χ0) is 24.4. The Labute approximate surface area is 193 Å². The number of hydrogen-bond acceptors (Lipinski definition) is 6. The van der Waals surface area contributed by atoms with E-state index in [1.807, 2.05) is 6.92 Å². The molecule has 33 heavy (non-hydrogen) atoms. The van der Waals surface area contributed by atoms with Crippen molar-refractivity contribution < 1.29 is 23.9 Å². The second-order valence-corrected chi connectivity index (χ2v) is 7.31. The number of amidine groups is 1. The highest BCUT2D eigenvalue weighted by molar-refractivity contribution is 5.99. The topological polar surface area (TPSA) is 123 Å². The number of hydrogen-bond donors (Lipinski definition) is 2. The lowest BCUT2D eigenvalue weighted by Gasteiger charge is -2.21. The minimum atomic E-state index is -0.530. The van der Waals surface area contributed by atoms with Crippen LogP contribution in [0.25, 0.3) is 6.08 Å². The van der Waals surface area contributed by atoms with Gasteiger partial charge in [0, 0.05) is 17.7 Å². The Balaban J connectivity index is 2.06. The van der Waals surface area contributed by atoms with Crippen LogP contribution in [0.5, 0.6) is 5.75 Å². The van der Waals surface area contributed by atoms with E-state index in [0.29, 0.717) is 35.4 Å². The van der Waals surface area contributed by atoms with E-state index in [2.05, 4.69) is 0 Å². The molecular weight excluding hydrogens is 422 g/mol. The first-order valence-corrected chi connectivity index (χ1v) is 10.6. The third-order valence-corrected chi connectivity index (χ3v) is 4.65. The Hall–Kier alpha value is -3.94. The van der Waals surface area contributed by atoms with E-state index in [1.165, 1.54) is 4.90 Å². The molecule has 0 aliphatic rings. The summed E-state index contributed by atoms with van der Waals surface area (Å²) in [5.74, 6) is -0.942. The van der Waals surface area contributed by atoms with Crippen LogP contribution < -0.4 is 10.5 Å². The van der Waals surface area contributed by atoms with Crippen molar-refractivity contribution in [3.8, 4) is 5.75 Å². The van der Waals surface area contributed by atoms with Crippen LogP contribution in [-0.4, -0.2) is 48.3 Å². The number of benzene rings is 2. The first kappa shape index (κ1) is 25.3. The summed E-state index contributed by atoms with van der Waals surface area (Å²) < 4.78 is 10.3. The SMILES string of the molecule is CCCN(CC(=O)OCC)C(=O)C(C)=Cc1ccc(C(=O)Oc2ccc(C(=N)N)cc2)cc1. The minimum Gasteiger partial charge on any atom is -0.465 e. The van der Waals surface area contributed by atoms with Gasteiger partial charge in [0.25, 0.3) is 0 Å². The molecule has 2 aromatic rings. The second-order valence-electron chi connectivity index (χ2n) is 7.31. The monoisotopic (exact) mass is 451 g/mol. The van der Waals surface area contributed by atoms with Gasteiger partial charge < -0.3 is 20.1 Å². The summed E-state index contributed by atoms with van der Waals surface area (Å²) in [5.41, 5.74) is 7.50. The molecule has 3 N–H and O–H groups in total. The number of carbonyl (C=O) groups excluding carboxylic acids is 3. The highest BCUT2D eigenvalue weighted by Gasteiger charge is 2.18. The average Bonchev–Trinajstić information content (AvgIpc) is 2.79. The Bertz CT molecular complexity index is 1030. The maximum Gasteiger partial charge on any atom is 0.343 e. The normalized spacial score (nSPS) is 10.9. The third-order valence-electron chi connectivity index (χ3n) is 4.65. The predicted molar refractivity (Wildman–Crippen MR) is 126 cm³/mol. The molecule has 0 spiro atoms. The molecule has 0 saturated heterocycles. The van der Waals surface area contributed by atoms with Crippen molar-refractivity contribution in [3.05, 3.63) is 70.8 Å². The van der Waals surface area contributed by atoms with Gasteiger partial charge in [0.1, 0.15) is 18.1 Å². The van der Waals surface area contributed by atoms with Gasteiger partial charge in [0.2, 0.25) is 5.91 Å². The minimum absolute atomic E-state index is 0.0657. The quantitative estimate of drug-likeness (QED) is 0.188. The molecule has 0 unspecified atom stereocenters. The number of nitrogen functional groups attached to an aromatic ring is 1. The number of rotatable bonds is 10. The molecule has 174 valence electrons. The zero-order valence-corrected chi connectivity index (χ0v) is 19.1. The molecule has 0 fully saturated rings. The maximum atomic E-state index is 12.8. The van der Waals surface area contributed by atoms with Crippen LogP contribution in [0.15, 0.2) is 54.1 Å². The van der Waals surface area contributed by atoms with Gasteiger partial charge in [-0.2, -0.15) is 0 Å². The summed E-state index contributed by atoms with van der Waals surface area (Å²) in [4.78, 5) is 38.4. The fourth-order valence-corrected chi connectivity index (χ4v) is 3.03. The van der Waals surface area contributed by atoms with Crippen LogP contribution in [0.1, 0.15) is 48.7 Å². The van der Waals surface area contributed by atoms with Crippen molar-refractivity contribution in [1.82, 2.24) is 4.90 Å². The summed E-state index contributed by atoms with van der Waals surface area (Å²) >= 11 is 0. The van der Waals surface area contributed by atoms with Gasteiger partial charge in [-0.25, -0.2) is 4.79 Å². The third kappa shape index (κ3) is 7.60. The van der Waals surface area contributed by atoms with Crippen LogP contribution in [-0.2, 0) is 14.3 Å². The van der Waals surface area contributed by atoms with E-state index >= 15 is 0 Å². The molecule has 8 heteroatoms. The Morgan fingerprint density at radius 3 is 2.15 bits per heavy atom. The van der Waals surface area contributed by atoms with Gasteiger partial charge in [0.05, 0.1) is 12.2 Å². The summed E-state index contributed by atoms with van der Waals surface area (Å²) in [7, 11) is 0. The van der Waals surface area contributed by atoms with Crippen molar-refractivity contribution >= 4 is 29.8 Å². The predicted octanol–water partition coefficient (Wildman–Crippen LogP) is 3.39. The molecular formula is C25H29N3O5. The first-order chi connectivity index (χ1) is 15.7. The van der Waals surface area contributed by atoms with Gasteiger partial charge in [0.15, 0.2) is 0 Å². The van der Waals surface area contributed by atoms with Crippen molar-refractivity contribution in [2.75, 3.05) is 19.7 Å². The molecule has 0 heterocycles. The van der Waals surface area contributed by atoms with Crippen LogP contribution in [0, 0.1) is 5.41 Å². The summed E-state index contributed by atoms with van der Waals surface area (Å²) in [6, 6.07) is 13.0. The van der Waals surface area contributed by atoms with Crippen LogP contribution >= 0.6 is 0 Å². The number of nitrogens with one attached hydrogen (secondary N) is 1. The van der Waals surface area contributed by atoms with Crippen LogP contribution in [0.4, 0.5) is 0 Å². The first-order valence-electron chi connectivity index (χ1n) is 10.6. The lowest BCUT2D eigenvalue weighted by Crippen LogP contribution is -2.37. The van der Waals surface area contributed by atoms with Crippen molar-refractivity contribution in [1.29, 1.82) is 5.41 Å². The molecule has 0 radical (unpaired) electrons. The van der Waals surface area contributed by atoms with Crippen molar-refractivity contribution in [2.45, 2.75) is 27.2 Å². The zero-order valence-electron chi connectivity index (χ0n) is 19.1. The van der Waals surface area contributed by atoms with Gasteiger partial charge in [-0.1, -0.05) is 19.1 Å². The molecule has 0 aromatic heterocycles. The van der Waals surface area contributed by atoms with Gasteiger partial charge in [-0.15, -0.1) is 0 Å². The number of amides is 1. The fraction of sp³-hybridized carbons (Fsp3) is 0.280. The van der Waals surface area contributed by atoms with Gasteiger partial charge in [-0.05, 0) is 68.3 Å². The molecule has 1 amide bonds. The molecule has 0 bridgehead atoms. The number of esters is 2. The largest absolute Gasteiger partial charge is 0.465 e. The fourth-order valence-electron chi connectivity index (χ4n) is 3.03. The molecule has 2 aromatic carbocycles.